The zero-order valence-electron chi connectivity index (χ0n) is 16.5. The summed E-state index contributed by atoms with van der Waals surface area (Å²) in [6, 6.07) is 4.25. The van der Waals surface area contributed by atoms with Crippen LogP contribution in [0, 0.1) is 18.8 Å². The number of fused-ring (bicyclic) bond motifs is 1. The summed E-state index contributed by atoms with van der Waals surface area (Å²) >= 11 is 0. The number of hydrogen-bond acceptors (Lipinski definition) is 4. The molecule has 27 heavy (non-hydrogen) atoms. The molecule has 2 bridgehead atoms. The molecule has 0 unspecified atom stereocenters. The molecule has 146 valence electrons. The van der Waals surface area contributed by atoms with Gasteiger partial charge < -0.3 is 15.0 Å². The zero-order chi connectivity index (χ0) is 18.9. The average Bonchev–Trinajstić information content (AvgIpc) is 3.32. The molecule has 3 fully saturated rings. The second-order valence-electron chi connectivity index (χ2n) is 8.33. The lowest BCUT2D eigenvalue weighted by Crippen LogP contribution is -2.41. The van der Waals surface area contributed by atoms with Gasteiger partial charge in [-0.3, -0.25) is 9.78 Å². The first kappa shape index (κ1) is 18.5. The van der Waals surface area contributed by atoms with Crippen LogP contribution in [0.3, 0.4) is 0 Å². The van der Waals surface area contributed by atoms with E-state index in [1.165, 1.54) is 5.69 Å². The Hall–Kier alpha value is -1.88. The van der Waals surface area contributed by atoms with Gasteiger partial charge in [-0.2, -0.15) is 0 Å². The Morgan fingerprint density at radius 3 is 3.22 bits per heavy atom. The summed E-state index contributed by atoms with van der Waals surface area (Å²) < 4.78 is 6.51. The highest BCUT2D eigenvalue weighted by Crippen LogP contribution is 2.55. The molecule has 1 N–H and O–H groups in total. The standard InChI is InChI=1S/C22H31N3O2/c1-3-4-5-6-7-21(26)24-13-18-19-14-25(17-9-11-23-16(2)12-17)15-22(19)10-8-20(18)27-22/h3-4,9,11-12,18-20H,5-8,10,13-15H2,1-2H3,(H,24,26)/b4-3+/t18-,19+,20+,22+/m0/s1. The van der Waals surface area contributed by atoms with Gasteiger partial charge in [0.25, 0.3) is 0 Å². The van der Waals surface area contributed by atoms with Crippen molar-refractivity contribution in [1.29, 1.82) is 0 Å². The van der Waals surface area contributed by atoms with Crippen molar-refractivity contribution in [2.24, 2.45) is 11.8 Å². The molecule has 0 aromatic carbocycles. The Kier molecular flexibility index (Phi) is 5.22. The van der Waals surface area contributed by atoms with Crippen molar-refractivity contribution in [2.75, 3.05) is 24.5 Å². The molecule has 1 amide bonds. The minimum atomic E-state index is -0.0108. The van der Waals surface area contributed by atoms with Crippen LogP contribution in [-0.4, -0.2) is 42.2 Å². The fourth-order valence-corrected chi connectivity index (χ4v) is 5.25. The van der Waals surface area contributed by atoms with Crippen molar-refractivity contribution < 1.29 is 9.53 Å². The topological polar surface area (TPSA) is 54.5 Å². The summed E-state index contributed by atoms with van der Waals surface area (Å²) in [5.41, 5.74) is 2.28. The molecule has 3 aliphatic heterocycles. The maximum Gasteiger partial charge on any atom is 0.220 e. The van der Waals surface area contributed by atoms with E-state index in [0.29, 0.717) is 24.4 Å². The van der Waals surface area contributed by atoms with Crippen LogP contribution in [0.25, 0.3) is 0 Å². The van der Waals surface area contributed by atoms with Crippen LogP contribution < -0.4 is 10.2 Å². The molecular formula is C22H31N3O2. The SMILES string of the molecule is C/C=C/CCCC(=O)NC[C@H]1[C@H]2CN(c3ccnc(C)c3)C[C@]23CC[C@H]1O3. The summed E-state index contributed by atoms with van der Waals surface area (Å²) in [6.07, 6.45) is 11.2. The molecule has 3 saturated heterocycles. The molecule has 1 aromatic heterocycles. The van der Waals surface area contributed by atoms with Crippen molar-refractivity contribution >= 4 is 11.6 Å². The highest BCUT2D eigenvalue weighted by Gasteiger charge is 2.62. The minimum absolute atomic E-state index is 0.0108. The van der Waals surface area contributed by atoms with Gasteiger partial charge in [-0.15, -0.1) is 0 Å². The number of unbranched alkanes of at least 4 members (excludes halogenated alkanes) is 1. The molecule has 0 aliphatic carbocycles. The van der Waals surface area contributed by atoms with Gasteiger partial charge >= 0.3 is 0 Å². The monoisotopic (exact) mass is 369 g/mol. The highest BCUT2D eigenvalue weighted by molar-refractivity contribution is 5.75. The number of carbonyl (C=O) groups is 1. The van der Waals surface area contributed by atoms with E-state index < -0.39 is 0 Å². The summed E-state index contributed by atoms with van der Waals surface area (Å²) in [6.45, 7) is 6.79. The van der Waals surface area contributed by atoms with Crippen LogP contribution in [0.1, 0.15) is 44.7 Å². The Morgan fingerprint density at radius 1 is 1.52 bits per heavy atom. The van der Waals surface area contributed by atoms with Gasteiger partial charge in [-0.05, 0) is 51.7 Å². The molecule has 3 aliphatic rings. The fraction of sp³-hybridized carbons (Fsp3) is 0.636. The number of ether oxygens (including phenoxy) is 1. The lowest BCUT2D eigenvalue weighted by Gasteiger charge is -2.29. The molecule has 4 atom stereocenters. The third-order valence-corrected chi connectivity index (χ3v) is 6.57. The first-order chi connectivity index (χ1) is 13.1. The first-order valence-electron chi connectivity index (χ1n) is 10.3. The van der Waals surface area contributed by atoms with E-state index in [4.69, 9.17) is 4.74 Å². The Bertz CT molecular complexity index is 719. The van der Waals surface area contributed by atoms with Crippen LogP contribution in [0.15, 0.2) is 30.5 Å². The van der Waals surface area contributed by atoms with E-state index in [-0.39, 0.29) is 11.5 Å². The Balaban J connectivity index is 1.36. The number of aryl methyl sites for hydroxylation is 1. The molecular weight excluding hydrogens is 338 g/mol. The number of hydrogen-bond donors (Lipinski definition) is 1. The van der Waals surface area contributed by atoms with E-state index in [0.717, 1.165) is 51.0 Å². The summed E-state index contributed by atoms with van der Waals surface area (Å²) in [5.74, 6) is 1.12. The number of carbonyl (C=O) groups excluding carboxylic acids is 1. The molecule has 1 spiro atoms. The minimum Gasteiger partial charge on any atom is -0.369 e. The number of pyridine rings is 1. The Morgan fingerprint density at radius 2 is 2.41 bits per heavy atom. The van der Waals surface area contributed by atoms with E-state index in [2.05, 4.69) is 33.4 Å². The first-order valence-corrected chi connectivity index (χ1v) is 10.3. The summed E-state index contributed by atoms with van der Waals surface area (Å²) in [4.78, 5) is 19.0. The zero-order valence-corrected chi connectivity index (χ0v) is 16.5. The van der Waals surface area contributed by atoms with Crippen LogP contribution in [-0.2, 0) is 9.53 Å². The smallest absolute Gasteiger partial charge is 0.220 e. The van der Waals surface area contributed by atoms with E-state index in [9.17, 15) is 4.79 Å². The van der Waals surface area contributed by atoms with Gasteiger partial charge in [0, 0.05) is 55.5 Å². The van der Waals surface area contributed by atoms with Crippen LogP contribution in [0.5, 0.6) is 0 Å². The van der Waals surface area contributed by atoms with Crippen molar-refractivity contribution in [3.63, 3.8) is 0 Å². The van der Waals surface area contributed by atoms with Gasteiger partial charge in [0.05, 0.1) is 11.7 Å². The van der Waals surface area contributed by atoms with Crippen molar-refractivity contribution in [2.45, 2.75) is 57.7 Å². The second-order valence-corrected chi connectivity index (χ2v) is 8.33. The van der Waals surface area contributed by atoms with E-state index >= 15 is 0 Å². The number of amides is 1. The predicted molar refractivity (Wildman–Crippen MR) is 107 cm³/mol. The molecule has 5 heteroatoms. The Labute approximate surface area is 162 Å². The van der Waals surface area contributed by atoms with Gasteiger partial charge in [0.15, 0.2) is 0 Å². The lowest BCUT2D eigenvalue weighted by molar-refractivity contribution is -0.121. The largest absolute Gasteiger partial charge is 0.369 e. The third kappa shape index (κ3) is 3.62. The van der Waals surface area contributed by atoms with Crippen LogP contribution in [0.4, 0.5) is 5.69 Å². The average molecular weight is 370 g/mol. The molecule has 5 nitrogen and oxygen atoms in total. The number of nitrogens with zero attached hydrogens (tertiary/aromatic N) is 2. The lowest BCUT2D eigenvalue weighted by atomic mass is 9.73. The van der Waals surface area contributed by atoms with Gasteiger partial charge in [-0.1, -0.05) is 12.2 Å². The molecule has 4 rings (SSSR count). The van der Waals surface area contributed by atoms with Crippen molar-refractivity contribution in [3.8, 4) is 0 Å². The fourth-order valence-electron chi connectivity index (χ4n) is 5.25. The predicted octanol–water partition coefficient (Wildman–Crippen LogP) is 3.24. The summed E-state index contributed by atoms with van der Waals surface area (Å²) in [7, 11) is 0. The van der Waals surface area contributed by atoms with Crippen molar-refractivity contribution in [1.82, 2.24) is 10.3 Å². The van der Waals surface area contributed by atoms with Crippen LogP contribution >= 0.6 is 0 Å². The molecule has 0 saturated carbocycles. The maximum atomic E-state index is 12.2. The summed E-state index contributed by atoms with van der Waals surface area (Å²) in [5, 5.41) is 3.19. The normalized spacial score (nSPS) is 31.6. The molecule has 0 radical (unpaired) electrons. The number of nitrogens with one attached hydrogen (secondary N) is 1. The van der Waals surface area contributed by atoms with Crippen molar-refractivity contribution in [3.05, 3.63) is 36.2 Å². The third-order valence-electron chi connectivity index (χ3n) is 6.57. The highest BCUT2D eigenvalue weighted by atomic mass is 16.5. The number of allylic oxidation sites excluding steroid dienone is 2. The molecule has 4 heterocycles. The second kappa shape index (κ2) is 7.63. The number of anilines is 1. The van der Waals surface area contributed by atoms with E-state index in [1.54, 1.807) is 0 Å². The number of aromatic nitrogens is 1. The number of rotatable bonds is 7. The maximum absolute atomic E-state index is 12.2. The van der Waals surface area contributed by atoms with Gasteiger partial charge in [0.2, 0.25) is 5.91 Å². The van der Waals surface area contributed by atoms with Gasteiger partial charge in [-0.25, -0.2) is 0 Å². The molecule has 1 aromatic rings. The van der Waals surface area contributed by atoms with Crippen LogP contribution in [0.2, 0.25) is 0 Å². The quantitative estimate of drug-likeness (QED) is 0.592. The van der Waals surface area contributed by atoms with E-state index in [1.807, 2.05) is 26.1 Å². The van der Waals surface area contributed by atoms with Gasteiger partial charge in [0.1, 0.15) is 0 Å².